The number of hydrazine groups is 1. The molecule has 7 rings (SSSR count). The highest BCUT2D eigenvalue weighted by atomic mass is 35.5. The van der Waals surface area contributed by atoms with Gasteiger partial charge in [-0.05, 0) is 67.1 Å². The molecule has 48 heavy (non-hydrogen) atoms. The number of aromatic nitrogens is 1. The molecule has 2 saturated heterocycles. The maximum atomic E-state index is 15.0. The molecule has 2 aliphatic carbocycles. The first kappa shape index (κ1) is 32.1. The number of pyridine rings is 1. The Hall–Kier alpha value is -4.42. The number of hydrogen-bond donors (Lipinski definition) is 2. The Labute approximate surface area is 282 Å². The van der Waals surface area contributed by atoms with Crippen molar-refractivity contribution in [2.24, 2.45) is 23.7 Å². The second-order valence-corrected chi connectivity index (χ2v) is 13.3. The van der Waals surface area contributed by atoms with Crippen LogP contribution in [0.3, 0.4) is 0 Å². The van der Waals surface area contributed by atoms with Crippen LogP contribution in [-0.4, -0.2) is 50.2 Å². The van der Waals surface area contributed by atoms with Crippen molar-refractivity contribution in [2.75, 3.05) is 12.0 Å². The molecule has 0 radical (unpaired) electrons. The molecular formula is C34H27Cl2F3N4O5. The zero-order valence-electron chi connectivity index (χ0n) is 25.2. The van der Waals surface area contributed by atoms with E-state index < -0.39 is 63.6 Å². The molecule has 6 unspecified atom stereocenters. The molecule has 2 aliphatic heterocycles. The van der Waals surface area contributed by atoms with Crippen molar-refractivity contribution in [2.45, 2.75) is 37.3 Å². The van der Waals surface area contributed by atoms with Crippen LogP contribution in [0, 0.1) is 23.7 Å². The zero-order valence-corrected chi connectivity index (χ0v) is 26.7. The highest BCUT2D eigenvalue weighted by molar-refractivity contribution is 6.33. The normalized spacial score (nSPS) is 28.3. The van der Waals surface area contributed by atoms with Crippen molar-refractivity contribution in [3.63, 3.8) is 0 Å². The largest absolute Gasteiger partial charge is 0.508 e. The van der Waals surface area contributed by atoms with Crippen LogP contribution < -0.4 is 5.43 Å². The van der Waals surface area contributed by atoms with Crippen LogP contribution in [0.2, 0.25) is 10.0 Å². The number of imide groups is 2. The summed E-state index contributed by atoms with van der Waals surface area (Å²) in [6.07, 6.45) is -2.01. The number of carbonyl (C=O) groups is 4. The number of likely N-dealkylation sites (tertiary alicyclic amines) is 1. The van der Waals surface area contributed by atoms with Gasteiger partial charge in [-0.25, -0.2) is 4.98 Å². The van der Waals surface area contributed by atoms with Gasteiger partial charge in [0, 0.05) is 23.7 Å². The summed E-state index contributed by atoms with van der Waals surface area (Å²) in [6, 6.07) is 13.3. The van der Waals surface area contributed by atoms with E-state index in [1.54, 1.807) is 43.3 Å². The second-order valence-electron chi connectivity index (χ2n) is 12.4. The first-order valence-electron chi connectivity index (χ1n) is 15.3. The number of phenols is 1. The minimum absolute atomic E-state index is 0.0255. The molecule has 1 aromatic heterocycles. The lowest BCUT2D eigenvalue weighted by atomic mass is 9.49. The Morgan fingerprint density at radius 2 is 1.67 bits per heavy atom. The van der Waals surface area contributed by atoms with Crippen LogP contribution in [0.15, 0.2) is 72.4 Å². The number of carbonyl (C=O) groups excluding carboxylic acids is 4. The molecule has 3 heterocycles. The number of halogens is 5. The average Bonchev–Trinajstić information content (AvgIpc) is 3.42. The molecule has 4 aliphatic rings. The molecule has 6 atom stereocenters. The number of hydrogen-bond acceptors (Lipinski definition) is 7. The molecule has 2 aromatic carbocycles. The first-order chi connectivity index (χ1) is 22.8. The summed E-state index contributed by atoms with van der Waals surface area (Å²) in [4.78, 5) is 61.6. The Morgan fingerprint density at radius 1 is 0.979 bits per heavy atom. The minimum atomic E-state index is -4.73. The number of benzene rings is 2. The molecular weight excluding hydrogens is 672 g/mol. The van der Waals surface area contributed by atoms with E-state index in [1.165, 1.54) is 17.0 Å². The highest BCUT2D eigenvalue weighted by Gasteiger charge is 2.70. The number of rotatable bonds is 5. The number of fused-ring (bicyclic) bond motifs is 4. The van der Waals surface area contributed by atoms with Crippen molar-refractivity contribution in [3.05, 3.63) is 99.2 Å². The van der Waals surface area contributed by atoms with Crippen molar-refractivity contribution in [1.82, 2.24) is 14.9 Å². The smallest absolute Gasteiger partial charge is 0.417 e. The third kappa shape index (κ3) is 4.63. The number of nitrogens with one attached hydrogen (secondary N) is 1. The lowest BCUT2D eigenvalue weighted by Crippen LogP contribution is -2.53. The predicted molar refractivity (Wildman–Crippen MR) is 167 cm³/mol. The van der Waals surface area contributed by atoms with E-state index in [2.05, 4.69) is 10.4 Å². The number of nitrogens with zero attached hydrogens (tertiary/aromatic N) is 3. The van der Waals surface area contributed by atoms with Gasteiger partial charge in [-0.15, -0.1) is 0 Å². The number of anilines is 1. The first-order valence-corrected chi connectivity index (χ1v) is 16.0. The molecule has 248 valence electrons. The van der Waals surface area contributed by atoms with Crippen molar-refractivity contribution >= 4 is 52.6 Å². The summed E-state index contributed by atoms with van der Waals surface area (Å²) in [5, 5.41) is 10.8. The summed E-state index contributed by atoms with van der Waals surface area (Å²) in [7, 11) is 0. The van der Waals surface area contributed by atoms with Crippen LogP contribution in [0.4, 0.5) is 19.0 Å². The van der Waals surface area contributed by atoms with E-state index in [9.17, 15) is 32.7 Å². The lowest BCUT2D eigenvalue weighted by Gasteiger charge is -2.50. The Balaban J connectivity index is 1.43. The molecule has 1 saturated carbocycles. The van der Waals surface area contributed by atoms with Gasteiger partial charge in [0.2, 0.25) is 11.8 Å². The summed E-state index contributed by atoms with van der Waals surface area (Å²) in [5.74, 6) is -6.35. The molecule has 2 N–H and O–H groups in total. The van der Waals surface area contributed by atoms with Gasteiger partial charge in [0.25, 0.3) is 11.8 Å². The van der Waals surface area contributed by atoms with Gasteiger partial charge in [0.15, 0.2) is 5.82 Å². The lowest BCUT2D eigenvalue weighted by molar-refractivity contribution is -0.141. The number of aromatic hydroxyl groups is 1. The third-order valence-electron chi connectivity index (χ3n) is 10.2. The molecule has 14 heteroatoms. The van der Waals surface area contributed by atoms with Crippen molar-refractivity contribution in [1.29, 1.82) is 0 Å². The van der Waals surface area contributed by atoms with Crippen LogP contribution in [0.1, 0.15) is 42.4 Å². The number of allylic oxidation sites excluding steroid dienone is 2. The third-order valence-corrected chi connectivity index (χ3v) is 10.7. The molecule has 0 bridgehead atoms. The highest BCUT2D eigenvalue weighted by Crippen LogP contribution is 2.64. The Bertz CT molecular complexity index is 1900. The molecule has 9 nitrogen and oxygen atoms in total. The molecule has 3 aromatic rings. The van der Waals surface area contributed by atoms with Gasteiger partial charge < -0.3 is 5.11 Å². The topological polar surface area (TPSA) is 120 Å². The fourth-order valence-corrected chi connectivity index (χ4v) is 8.54. The summed E-state index contributed by atoms with van der Waals surface area (Å²) >= 11 is 12.5. The Morgan fingerprint density at radius 3 is 2.29 bits per heavy atom. The van der Waals surface area contributed by atoms with E-state index >= 15 is 4.79 Å². The number of amides is 4. The van der Waals surface area contributed by atoms with Crippen LogP contribution in [-0.2, 0) is 30.8 Å². The van der Waals surface area contributed by atoms with Gasteiger partial charge in [-0.3, -0.25) is 29.5 Å². The second kappa shape index (κ2) is 11.3. The maximum Gasteiger partial charge on any atom is 0.417 e. The van der Waals surface area contributed by atoms with E-state index in [4.69, 9.17) is 23.2 Å². The SMILES string of the molecule is CCN1C(=O)C2CC=C3C(CC4C(=O)N(Nc5ncc(C(F)(F)F)cc5Cl)C(=O)C4(c4ccc(Cl)cc4)C3c3ccc(O)cc3)C2C1=O. The van der Waals surface area contributed by atoms with E-state index in [0.717, 1.165) is 5.01 Å². The molecule has 3 fully saturated rings. The monoisotopic (exact) mass is 698 g/mol. The summed E-state index contributed by atoms with van der Waals surface area (Å²) < 4.78 is 40.0. The van der Waals surface area contributed by atoms with Crippen molar-refractivity contribution < 1.29 is 37.5 Å². The van der Waals surface area contributed by atoms with Gasteiger partial charge in [-0.1, -0.05) is 59.1 Å². The predicted octanol–water partition coefficient (Wildman–Crippen LogP) is 6.12. The summed E-state index contributed by atoms with van der Waals surface area (Å²) in [5.41, 5.74) is 1.56. The molecule has 4 amide bonds. The van der Waals surface area contributed by atoms with Crippen LogP contribution in [0.5, 0.6) is 5.75 Å². The van der Waals surface area contributed by atoms with Gasteiger partial charge in [0.1, 0.15) is 5.75 Å². The summed E-state index contributed by atoms with van der Waals surface area (Å²) in [6.45, 7) is 1.92. The van der Waals surface area contributed by atoms with Crippen LogP contribution in [0.25, 0.3) is 0 Å². The maximum absolute atomic E-state index is 15.0. The standard InChI is InChI=1S/C34H27Cl2F3N4O5/c1-2-42-29(45)22-12-11-21-23(26(22)31(42)47)14-24-30(46)43(41-28-25(36)13-18(15-40-28)34(37,38)39)32(48)33(24,17-5-7-19(35)8-6-17)27(21)16-3-9-20(44)10-4-16/h3-11,13,15,22-24,26-27,44H,2,12,14H2,1H3,(H,40,41). The fraction of sp³-hybridized carbons (Fsp3) is 0.324. The fourth-order valence-electron chi connectivity index (χ4n) is 8.20. The Kier molecular flexibility index (Phi) is 7.59. The quantitative estimate of drug-likeness (QED) is 0.244. The van der Waals surface area contributed by atoms with Crippen LogP contribution >= 0.6 is 23.2 Å². The molecule has 0 spiro atoms. The zero-order chi connectivity index (χ0) is 34.3. The van der Waals surface area contributed by atoms with Gasteiger partial charge in [-0.2, -0.15) is 18.2 Å². The number of phenolic OH excluding ortho intramolecular Hbond substituents is 1. The van der Waals surface area contributed by atoms with Gasteiger partial charge >= 0.3 is 6.18 Å². The minimum Gasteiger partial charge on any atom is -0.508 e. The number of alkyl halides is 3. The van der Waals surface area contributed by atoms with Gasteiger partial charge in [0.05, 0.1) is 33.8 Å². The van der Waals surface area contributed by atoms with E-state index in [0.29, 0.717) is 34.0 Å². The van der Waals surface area contributed by atoms with E-state index in [-0.39, 0.29) is 42.8 Å². The average molecular weight is 700 g/mol. The van der Waals surface area contributed by atoms with E-state index in [1.807, 2.05) is 6.08 Å². The van der Waals surface area contributed by atoms with Crippen molar-refractivity contribution in [3.8, 4) is 5.75 Å².